The van der Waals surface area contributed by atoms with Crippen LogP contribution in [0.1, 0.15) is 42.0 Å². The number of tetrazole rings is 1. The number of anilines is 1. The van der Waals surface area contributed by atoms with Gasteiger partial charge in [-0.1, -0.05) is 17.7 Å². The van der Waals surface area contributed by atoms with Gasteiger partial charge in [0.2, 0.25) is 5.91 Å². The predicted octanol–water partition coefficient (Wildman–Crippen LogP) is 3.52. The van der Waals surface area contributed by atoms with Gasteiger partial charge in [-0.3, -0.25) is 14.2 Å². The van der Waals surface area contributed by atoms with Crippen LogP contribution in [-0.4, -0.2) is 45.6 Å². The number of carbonyl (C=O) groups excluding carboxylic acids is 1. The molecule has 8 rings (SSSR count). The van der Waals surface area contributed by atoms with E-state index in [1.807, 2.05) is 24.4 Å². The van der Waals surface area contributed by atoms with Crippen LogP contribution in [0.5, 0.6) is 0 Å². The highest BCUT2D eigenvalue weighted by Crippen LogP contribution is 2.59. The highest BCUT2D eigenvalue weighted by atomic mass is 35.5. The molecule has 1 amide bonds. The van der Waals surface area contributed by atoms with Crippen molar-refractivity contribution in [2.24, 2.45) is 5.92 Å². The fraction of sp³-hybridized carbons (Fsp3) is 0.222. The molecule has 1 fully saturated rings. The number of nitrogens with one attached hydrogen (secondary N) is 2. The molecule has 2 N–H and O–H groups in total. The molecule has 0 radical (unpaired) electrons. The maximum Gasteiger partial charge on any atom is 0.254 e. The van der Waals surface area contributed by atoms with E-state index in [0.29, 0.717) is 34.8 Å². The van der Waals surface area contributed by atoms with E-state index < -0.39 is 0 Å². The smallest absolute Gasteiger partial charge is 0.254 e. The molecule has 3 unspecified atom stereocenters. The number of rotatable bonds is 4. The molecule has 3 atom stereocenters. The molecule has 1 aliphatic carbocycles. The summed E-state index contributed by atoms with van der Waals surface area (Å²) in [7, 11) is 0. The largest absolute Gasteiger partial charge is 0.340 e. The Bertz CT molecular complexity index is 1860. The quantitative estimate of drug-likeness (QED) is 0.358. The Hall–Kier alpha value is -4.64. The molecule has 192 valence electrons. The van der Waals surface area contributed by atoms with Gasteiger partial charge in [0.1, 0.15) is 18.0 Å². The Labute approximate surface area is 225 Å². The molecule has 2 aliphatic heterocycles. The third-order valence-corrected chi connectivity index (χ3v) is 8.09. The Morgan fingerprint density at radius 3 is 2.85 bits per heavy atom. The van der Waals surface area contributed by atoms with Crippen molar-refractivity contribution in [3.05, 3.63) is 87.6 Å². The number of aryl methyl sites for hydroxylation is 1. The third kappa shape index (κ3) is 3.53. The van der Waals surface area contributed by atoms with Crippen molar-refractivity contribution >= 4 is 23.2 Å². The predicted molar refractivity (Wildman–Crippen MR) is 142 cm³/mol. The first-order chi connectivity index (χ1) is 19.0. The van der Waals surface area contributed by atoms with Crippen LogP contribution in [0, 0.1) is 5.92 Å². The first kappa shape index (κ1) is 22.4. The minimum Gasteiger partial charge on any atom is -0.340 e. The third-order valence-electron chi connectivity index (χ3n) is 7.85. The molecule has 12 heteroatoms. The van der Waals surface area contributed by atoms with Crippen molar-refractivity contribution in [1.29, 1.82) is 0 Å². The van der Waals surface area contributed by atoms with Crippen molar-refractivity contribution in [2.45, 2.75) is 31.2 Å². The average molecular weight is 538 g/mol. The molecule has 1 saturated carbocycles. The van der Waals surface area contributed by atoms with Crippen molar-refractivity contribution in [2.75, 3.05) is 5.32 Å². The van der Waals surface area contributed by atoms with Crippen LogP contribution in [0.4, 0.5) is 5.69 Å². The molecule has 2 aromatic carbocycles. The lowest BCUT2D eigenvalue weighted by Gasteiger charge is -2.17. The second kappa shape index (κ2) is 8.18. The van der Waals surface area contributed by atoms with Gasteiger partial charge in [-0.2, -0.15) is 4.68 Å². The summed E-state index contributed by atoms with van der Waals surface area (Å²) in [5, 5.41) is 14.9. The van der Waals surface area contributed by atoms with E-state index in [9.17, 15) is 9.59 Å². The number of benzene rings is 2. The van der Waals surface area contributed by atoms with Crippen LogP contribution < -0.4 is 10.9 Å². The minimum atomic E-state index is -0.205. The molecule has 5 aromatic rings. The van der Waals surface area contributed by atoms with Crippen LogP contribution in [0.3, 0.4) is 0 Å². The maximum atomic E-state index is 13.6. The number of imidazole rings is 1. The van der Waals surface area contributed by atoms with Crippen molar-refractivity contribution < 1.29 is 4.79 Å². The van der Waals surface area contributed by atoms with E-state index in [1.54, 1.807) is 22.8 Å². The summed E-state index contributed by atoms with van der Waals surface area (Å²) in [5.41, 5.74) is 5.58. The van der Waals surface area contributed by atoms with Crippen LogP contribution in [0.15, 0.2) is 59.8 Å². The number of aromatic nitrogens is 8. The zero-order chi connectivity index (χ0) is 26.2. The highest BCUT2D eigenvalue weighted by molar-refractivity contribution is 6.31. The van der Waals surface area contributed by atoms with Crippen LogP contribution >= 0.6 is 11.6 Å². The summed E-state index contributed by atoms with van der Waals surface area (Å²) >= 11 is 6.32. The number of carbonyl (C=O) groups is 1. The van der Waals surface area contributed by atoms with Crippen molar-refractivity contribution in [1.82, 2.24) is 39.7 Å². The Balaban J connectivity index is 1.17. The fourth-order valence-electron chi connectivity index (χ4n) is 5.93. The SMILES string of the molecule is O=C1CCc2cc(-c3cnc(C4C5CC5c5nc(-c6cc(Cl)ccc6-n6cnnn6)cc(=O)n54)[nH]3)ccc2N1. The van der Waals surface area contributed by atoms with E-state index in [2.05, 4.69) is 31.9 Å². The van der Waals surface area contributed by atoms with Gasteiger partial charge in [0.15, 0.2) is 0 Å². The average Bonchev–Trinajstić information content (AvgIpc) is 3.28. The van der Waals surface area contributed by atoms with Crippen molar-refractivity contribution in [3.63, 3.8) is 0 Å². The van der Waals surface area contributed by atoms with Crippen LogP contribution in [0.25, 0.3) is 28.2 Å². The summed E-state index contributed by atoms with van der Waals surface area (Å²) in [6.45, 7) is 0. The van der Waals surface area contributed by atoms with E-state index >= 15 is 0 Å². The standard InChI is InChI=1S/C27H20ClN9O2/c28-15-3-5-22(36-12-30-34-35-36)18(8-15)20-10-24(39)37-25(16-9-17(16)27(37)33-20)26-29-11-21(32-26)14-1-4-19-13(7-14)2-6-23(38)31-19/h1,3-5,7-8,10-12,16-17,25H,2,6,9H2,(H,29,32)(H,31,38). The molecule has 11 nitrogen and oxygen atoms in total. The summed E-state index contributed by atoms with van der Waals surface area (Å²) in [4.78, 5) is 38.4. The lowest BCUT2D eigenvalue weighted by atomic mass is 9.99. The van der Waals surface area contributed by atoms with Gasteiger partial charge in [-0.25, -0.2) is 9.97 Å². The van der Waals surface area contributed by atoms with E-state index in [0.717, 1.165) is 40.6 Å². The lowest BCUT2D eigenvalue weighted by Crippen LogP contribution is -2.27. The number of hydrogen-bond acceptors (Lipinski definition) is 7. The number of nitrogens with zero attached hydrogens (tertiary/aromatic N) is 7. The first-order valence-electron chi connectivity index (χ1n) is 12.7. The summed E-state index contributed by atoms with van der Waals surface area (Å²) in [6.07, 6.45) is 5.44. The topological polar surface area (TPSA) is 136 Å². The van der Waals surface area contributed by atoms with E-state index in [1.165, 1.54) is 11.0 Å². The maximum absolute atomic E-state index is 13.6. The number of hydrogen-bond donors (Lipinski definition) is 2. The van der Waals surface area contributed by atoms with Gasteiger partial charge < -0.3 is 10.3 Å². The monoisotopic (exact) mass is 537 g/mol. The highest BCUT2D eigenvalue weighted by Gasteiger charge is 2.55. The Morgan fingerprint density at radius 2 is 1.97 bits per heavy atom. The van der Waals surface area contributed by atoms with E-state index in [-0.39, 0.29) is 29.3 Å². The fourth-order valence-corrected chi connectivity index (χ4v) is 6.11. The number of fused-ring (bicyclic) bond motifs is 4. The van der Waals surface area contributed by atoms with Gasteiger partial charge in [0.05, 0.1) is 29.3 Å². The molecular formula is C27H20ClN9O2. The molecule has 39 heavy (non-hydrogen) atoms. The minimum absolute atomic E-state index is 0.0437. The normalized spacial score (nSPS) is 20.7. The lowest BCUT2D eigenvalue weighted by molar-refractivity contribution is -0.116. The zero-order valence-corrected chi connectivity index (χ0v) is 21.1. The van der Waals surface area contributed by atoms with Gasteiger partial charge in [0.25, 0.3) is 5.56 Å². The molecule has 3 aromatic heterocycles. The first-order valence-corrected chi connectivity index (χ1v) is 13.1. The zero-order valence-electron chi connectivity index (χ0n) is 20.4. The number of aromatic amines is 1. The van der Waals surface area contributed by atoms with Gasteiger partial charge in [-0.15, -0.1) is 5.10 Å². The van der Waals surface area contributed by atoms with Crippen LogP contribution in [-0.2, 0) is 11.2 Å². The molecule has 0 bridgehead atoms. The molecule has 3 aliphatic rings. The second-order valence-electron chi connectivity index (χ2n) is 10.2. The summed E-state index contributed by atoms with van der Waals surface area (Å²) in [5.74, 6) is 2.01. The Kier molecular flexibility index (Phi) is 4.69. The van der Waals surface area contributed by atoms with Crippen LogP contribution in [0.2, 0.25) is 5.02 Å². The van der Waals surface area contributed by atoms with Gasteiger partial charge in [-0.05, 0) is 70.6 Å². The number of H-pyrrole nitrogens is 1. The van der Waals surface area contributed by atoms with Gasteiger partial charge >= 0.3 is 0 Å². The molecule has 5 heterocycles. The molecule has 0 spiro atoms. The Morgan fingerprint density at radius 1 is 1.05 bits per heavy atom. The number of amides is 1. The second-order valence-corrected chi connectivity index (χ2v) is 10.6. The molecule has 0 saturated heterocycles. The summed E-state index contributed by atoms with van der Waals surface area (Å²) < 4.78 is 3.30. The van der Waals surface area contributed by atoms with Crippen molar-refractivity contribution in [3.8, 4) is 28.2 Å². The molecular weight excluding hydrogens is 518 g/mol. The van der Waals surface area contributed by atoms with Gasteiger partial charge in [0, 0.05) is 34.7 Å². The number of halogens is 1. The summed E-state index contributed by atoms with van der Waals surface area (Å²) in [6, 6.07) is 12.7. The van der Waals surface area contributed by atoms with E-state index in [4.69, 9.17) is 21.6 Å².